The Kier molecular flexibility index (Phi) is 4.84. The van der Waals surface area contributed by atoms with Gasteiger partial charge in [0, 0.05) is 5.46 Å². The van der Waals surface area contributed by atoms with Gasteiger partial charge < -0.3 is 18.8 Å². The summed E-state index contributed by atoms with van der Waals surface area (Å²) in [5, 5.41) is 0. The number of methoxy groups -OCH3 is 1. The molecule has 0 bridgehead atoms. The summed E-state index contributed by atoms with van der Waals surface area (Å²) in [6.45, 7) is 6.59. The van der Waals surface area contributed by atoms with Crippen molar-refractivity contribution in [2.45, 2.75) is 25.6 Å². The molecule has 2 rings (SSSR count). The van der Waals surface area contributed by atoms with Crippen LogP contribution in [0.15, 0.2) is 30.5 Å². The lowest BCUT2D eigenvalue weighted by Gasteiger charge is -2.17. The Hall–Kier alpha value is -2.16. The van der Waals surface area contributed by atoms with Gasteiger partial charge in [0.25, 0.3) is 0 Å². The van der Waals surface area contributed by atoms with Gasteiger partial charge in [0.1, 0.15) is 11.4 Å². The van der Waals surface area contributed by atoms with Gasteiger partial charge in [0.05, 0.1) is 18.4 Å². The van der Waals surface area contributed by atoms with Gasteiger partial charge in [-0.3, -0.25) is 0 Å². The first-order chi connectivity index (χ1) is 11.0. The molecule has 1 aromatic rings. The highest BCUT2D eigenvalue weighted by Crippen LogP contribution is 2.33. The van der Waals surface area contributed by atoms with Gasteiger partial charge in [-0.25, -0.2) is 4.79 Å². The molecular weight excluding hydrogens is 328 g/mol. The summed E-state index contributed by atoms with van der Waals surface area (Å²) in [5.41, 5.74) is -1.73. The Morgan fingerprint density at radius 1 is 1.38 bits per heavy atom. The topological polar surface area (TPSA) is 54.0 Å². The molecule has 0 radical (unpaired) electrons. The Bertz CT molecular complexity index is 657. The molecule has 1 aliphatic heterocycles. The Labute approximate surface area is 137 Å². The van der Waals surface area contributed by atoms with Gasteiger partial charge >= 0.3 is 19.3 Å². The van der Waals surface area contributed by atoms with E-state index in [4.69, 9.17) is 14.0 Å². The van der Waals surface area contributed by atoms with Crippen molar-refractivity contribution in [2.24, 2.45) is 0 Å². The normalized spacial score (nSPS) is 16.8. The molecule has 5 nitrogen and oxygen atoms in total. The van der Waals surface area contributed by atoms with Crippen LogP contribution in [0.3, 0.4) is 0 Å². The third-order valence-corrected chi connectivity index (χ3v) is 3.49. The first-order valence-electron chi connectivity index (χ1n) is 6.99. The number of esters is 1. The Balaban J connectivity index is 2.37. The molecule has 1 aromatic carbocycles. The molecule has 1 heterocycles. The van der Waals surface area contributed by atoms with Crippen molar-refractivity contribution < 1.29 is 36.7 Å². The van der Waals surface area contributed by atoms with Crippen LogP contribution in [-0.2, 0) is 25.0 Å². The van der Waals surface area contributed by atoms with Crippen molar-refractivity contribution in [3.63, 3.8) is 0 Å². The quantitative estimate of drug-likeness (QED) is 0.620. The largest absolute Gasteiger partial charge is 0.567 e. The van der Waals surface area contributed by atoms with Crippen molar-refractivity contribution in [3.05, 3.63) is 36.1 Å². The van der Waals surface area contributed by atoms with Gasteiger partial charge in [-0.1, -0.05) is 6.58 Å². The third kappa shape index (κ3) is 3.84. The molecule has 0 aliphatic carbocycles. The number of carbonyl (C=O) groups is 1. The molecule has 24 heavy (non-hydrogen) atoms. The van der Waals surface area contributed by atoms with Crippen LogP contribution >= 0.6 is 0 Å². The number of hydrogen-bond donors (Lipinski definition) is 0. The zero-order valence-electron chi connectivity index (χ0n) is 13.4. The van der Waals surface area contributed by atoms with Crippen molar-refractivity contribution >= 4 is 18.6 Å². The van der Waals surface area contributed by atoms with E-state index in [2.05, 4.69) is 11.3 Å². The van der Waals surface area contributed by atoms with Crippen molar-refractivity contribution in [1.82, 2.24) is 0 Å². The maximum atomic E-state index is 13.0. The van der Waals surface area contributed by atoms with Crippen LogP contribution in [0.25, 0.3) is 0 Å². The maximum absolute atomic E-state index is 13.0. The average Bonchev–Trinajstić information content (AvgIpc) is 2.77. The van der Waals surface area contributed by atoms with Crippen LogP contribution in [0.2, 0.25) is 0 Å². The van der Waals surface area contributed by atoms with E-state index in [0.717, 1.165) is 18.2 Å². The molecule has 0 saturated carbocycles. The lowest BCUT2D eigenvalue weighted by Crippen LogP contribution is -2.36. The van der Waals surface area contributed by atoms with Crippen molar-refractivity contribution in [2.75, 3.05) is 13.7 Å². The van der Waals surface area contributed by atoms with Crippen LogP contribution in [0.5, 0.6) is 5.75 Å². The molecule has 0 aromatic heterocycles. The summed E-state index contributed by atoms with van der Waals surface area (Å²) in [6.07, 6.45) is -4.54. The van der Waals surface area contributed by atoms with Crippen LogP contribution in [0, 0.1) is 0 Å². The standard InChI is InChI=1S/C15H16BF3O5/c1-9-14(2,3)24-16(23-9)11-7-10(15(17,18)19)5-6-12(11)22-8-13(20)21-4/h5-7H,1,8H2,2-4H3. The summed E-state index contributed by atoms with van der Waals surface area (Å²) in [5.74, 6) is -0.355. The van der Waals surface area contributed by atoms with E-state index >= 15 is 0 Å². The fourth-order valence-electron chi connectivity index (χ4n) is 1.99. The van der Waals surface area contributed by atoms with Crippen molar-refractivity contribution in [1.29, 1.82) is 0 Å². The molecule has 0 N–H and O–H groups in total. The summed E-state index contributed by atoms with van der Waals surface area (Å²) < 4.78 is 59.6. The molecule has 1 aliphatic rings. The van der Waals surface area contributed by atoms with Gasteiger partial charge in [0.2, 0.25) is 0 Å². The minimum absolute atomic E-state index is 0.0143. The van der Waals surface area contributed by atoms with Crippen LogP contribution < -0.4 is 10.2 Å². The summed E-state index contributed by atoms with van der Waals surface area (Å²) >= 11 is 0. The second-order valence-electron chi connectivity index (χ2n) is 5.62. The molecule has 0 unspecified atom stereocenters. The predicted molar refractivity (Wildman–Crippen MR) is 79.7 cm³/mol. The van der Waals surface area contributed by atoms with E-state index in [1.165, 1.54) is 7.11 Å². The number of carbonyl (C=O) groups excluding carboxylic acids is 1. The monoisotopic (exact) mass is 344 g/mol. The second kappa shape index (κ2) is 6.39. The lowest BCUT2D eigenvalue weighted by atomic mass is 9.77. The molecule has 0 atom stereocenters. The van der Waals surface area contributed by atoms with Crippen LogP contribution in [-0.4, -0.2) is 32.4 Å². The van der Waals surface area contributed by atoms with Crippen molar-refractivity contribution in [3.8, 4) is 5.75 Å². The number of alkyl halides is 3. The Morgan fingerprint density at radius 2 is 2.04 bits per heavy atom. The van der Waals surface area contributed by atoms with E-state index in [1.807, 2.05) is 0 Å². The average molecular weight is 344 g/mol. The molecular formula is C15H16BF3O5. The molecule has 1 saturated heterocycles. The highest BCUT2D eigenvalue weighted by atomic mass is 19.4. The first kappa shape index (κ1) is 18.2. The fourth-order valence-corrected chi connectivity index (χ4v) is 1.99. The highest BCUT2D eigenvalue weighted by molar-refractivity contribution is 6.63. The smallest absolute Gasteiger partial charge is 0.534 e. The van der Waals surface area contributed by atoms with Gasteiger partial charge in [0.15, 0.2) is 6.61 Å². The zero-order valence-corrected chi connectivity index (χ0v) is 13.4. The summed E-state index contributed by atoms with van der Waals surface area (Å²) in [7, 11) is 0.0529. The highest BCUT2D eigenvalue weighted by Gasteiger charge is 2.45. The molecule has 130 valence electrons. The van der Waals surface area contributed by atoms with Gasteiger partial charge in [-0.15, -0.1) is 0 Å². The number of hydrogen-bond acceptors (Lipinski definition) is 5. The summed E-state index contributed by atoms with van der Waals surface area (Å²) in [6, 6.07) is 2.83. The molecule has 1 fully saturated rings. The first-order valence-corrected chi connectivity index (χ1v) is 6.99. The van der Waals surface area contributed by atoms with E-state index in [9.17, 15) is 18.0 Å². The SMILES string of the molecule is C=C1OB(c2cc(C(F)(F)F)ccc2OCC(=O)OC)OC1(C)C. The van der Waals surface area contributed by atoms with Gasteiger partial charge in [-0.2, -0.15) is 13.2 Å². The minimum Gasteiger partial charge on any atom is -0.534 e. The second-order valence-corrected chi connectivity index (χ2v) is 5.62. The number of benzene rings is 1. The van der Waals surface area contributed by atoms with Crippen LogP contribution in [0.4, 0.5) is 13.2 Å². The number of ether oxygens (including phenoxy) is 2. The lowest BCUT2D eigenvalue weighted by molar-refractivity contribution is -0.143. The molecule has 9 heteroatoms. The minimum atomic E-state index is -4.54. The number of halogens is 3. The van der Waals surface area contributed by atoms with Crippen LogP contribution in [0.1, 0.15) is 19.4 Å². The maximum Gasteiger partial charge on any atom is 0.567 e. The third-order valence-electron chi connectivity index (χ3n) is 3.49. The fraction of sp³-hybridized carbons (Fsp3) is 0.400. The van der Waals surface area contributed by atoms with E-state index in [0.29, 0.717) is 0 Å². The number of rotatable bonds is 4. The predicted octanol–water partition coefficient (Wildman–Crippen LogP) is 2.29. The Morgan fingerprint density at radius 3 is 2.54 bits per heavy atom. The molecule has 0 amide bonds. The molecule has 0 spiro atoms. The zero-order chi connectivity index (χ0) is 18.1. The summed E-state index contributed by atoms with van der Waals surface area (Å²) in [4.78, 5) is 11.2. The van der Waals surface area contributed by atoms with E-state index < -0.39 is 37.0 Å². The van der Waals surface area contributed by atoms with E-state index in [1.54, 1.807) is 13.8 Å². The van der Waals surface area contributed by atoms with E-state index in [-0.39, 0.29) is 17.0 Å². The van der Waals surface area contributed by atoms with Gasteiger partial charge in [-0.05, 0) is 32.0 Å².